The van der Waals surface area contributed by atoms with E-state index in [-0.39, 0.29) is 10.6 Å². The van der Waals surface area contributed by atoms with Gasteiger partial charge in [-0.3, -0.25) is 9.10 Å². The molecule has 0 aliphatic heterocycles. The third-order valence-corrected chi connectivity index (χ3v) is 7.89. The highest BCUT2D eigenvalue weighted by atomic mass is 35.5. The van der Waals surface area contributed by atoms with E-state index in [1.165, 1.54) is 12.1 Å². The van der Waals surface area contributed by atoms with E-state index in [0.29, 0.717) is 18.0 Å². The van der Waals surface area contributed by atoms with Crippen LogP contribution in [0, 0.1) is 11.6 Å². The number of amides is 1. The van der Waals surface area contributed by atoms with Gasteiger partial charge in [-0.15, -0.1) is 0 Å². The normalized spacial score (nSPS) is 11.3. The summed E-state index contributed by atoms with van der Waals surface area (Å²) in [5.74, 6) is -0.0406. The molecule has 5 nitrogen and oxygen atoms in total. The van der Waals surface area contributed by atoms with E-state index in [4.69, 9.17) is 11.6 Å². The first-order valence-electron chi connectivity index (χ1n) is 10.4. The monoisotopic (exact) mass is 524 g/mol. The predicted molar refractivity (Wildman–Crippen MR) is 133 cm³/mol. The molecule has 10 heteroatoms. The highest BCUT2D eigenvalue weighted by Gasteiger charge is 2.27. The number of thioether (sulfide) groups is 1. The van der Waals surface area contributed by atoms with E-state index >= 15 is 0 Å². The Morgan fingerprint density at radius 3 is 2.26 bits per heavy atom. The topological polar surface area (TPSA) is 66.5 Å². The number of hydrogen-bond donors (Lipinski definition) is 1. The fourth-order valence-corrected chi connectivity index (χ4v) is 5.60. The summed E-state index contributed by atoms with van der Waals surface area (Å²) in [5.41, 5.74) is 1.24. The molecule has 0 aromatic heterocycles. The molecule has 1 N–H and O–H groups in total. The molecule has 0 aliphatic rings. The van der Waals surface area contributed by atoms with Gasteiger partial charge in [-0.05, 0) is 78.4 Å². The molecule has 3 aromatic carbocycles. The van der Waals surface area contributed by atoms with Crippen LogP contribution in [0.1, 0.15) is 12.0 Å². The molecular formula is C24H23ClF2N2O3S2. The molecule has 0 bridgehead atoms. The number of carbonyl (C=O) groups excluding carboxylic acids is 1. The number of benzene rings is 3. The summed E-state index contributed by atoms with van der Waals surface area (Å²) < 4.78 is 53.8. The smallest absolute Gasteiger partial charge is 0.264 e. The van der Waals surface area contributed by atoms with Gasteiger partial charge in [0.05, 0.1) is 10.6 Å². The van der Waals surface area contributed by atoms with Gasteiger partial charge in [0.15, 0.2) is 0 Å². The van der Waals surface area contributed by atoms with Gasteiger partial charge in [-0.25, -0.2) is 17.2 Å². The molecule has 0 spiro atoms. The molecule has 180 valence electrons. The van der Waals surface area contributed by atoms with E-state index in [1.807, 2.05) is 24.3 Å². The van der Waals surface area contributed by atoms with Gasteiger partial charge in [-0.1, -0.05) is 23.7 Å². The molecule has 3 aromatic rings. The Balaban J connectivity index is 1.58. The van der Waals surface area contributed by atoms with Crippen LogP contribution >= 0.6 is 23.4 Å². The zero-order valence-corrected chi connectivity index (χ0v) is 20.5. The van der Waals surface area contributed by atoms with Gasteiger partial charge in [0, 0.05) is 17.3 Å². The summed E-state index contributed by atoms with van der Waals surface area (Å²) in [6.45, 7) is -0.129. The number of anilines is 1. The molecule has 0 atom stereocenters. The van der Waals surface area contributed by atoms with Gasteiger partial charge in [0.1, 0.15) is 18.2 Å². The van der Waals surface area contributed by atoms with Crippen LogP contribution in [0.4, 0.5) is 14.5 Å². The second-order valence-electron chi connectivity index (χ2n) is 7.33. The van der Waals surface area contributed by atoms with Gasteiger partial charge >= 0.3 is 0 Å². The van der Waals surface area contributed by atoms with Crippen molar-refractivity contribution in [3.05, 3.63) is 95.0 Å². The van der Waals surface area contributed by atoms with Crippen molar-refractivity contribution in [1.29, 1.82) is 0 Å². The minimum absolute atomic E-state index is 0.123. The van der Waals surface area contributed by atoms with E-state index < -0.39 is 34.1 Å². The summed E-state index contributed by atoms with van der Waals surface area (Å²) in [6.07, 6.45) is 0.693. The number of rotatable bonds is 11. The number of carbonyl (C=O) groups is 1. The van der Waals surface area contributed by atoms with Crippen molar-refractivity contribution in [2.24, 2.45) is 0 Å². The Labute approximate surface area is 207 Å². The molecule has 0 unspecified atom stereocenters. The van der Waals surface area contributed by atoms with Crippen molar-refractivity contribution in [3.8, 4) is 0 Å². The van der Waals surface area contributed by atoms with Crippen LogP contribution in [0.5, 0.6) is 0 Å². The predicted octanol–water partition coefficient (Wildman–Crippen LogP) is 5.25. The maximum atomic E-state index is 13.4. The quantitative estimate of drug-likeness (QED) is 0.348. The third kappa shape index (κ3) is 7.44. The zero-order chi connectivity index (χ0) is 24.6. The highest BCUT2D eigenvalue weighted by Crippen LogP contribution is 2.24. The van der Waals surface area contributed by atoms with Crippen LogP contribution in [0.15, 0.2) is 77.7 Å². The Hall–Kier alpha value is -2.62. The first-order chi connectivity index (χ1) is 16.3. The Kier molecular flexibility index (Phi) is 9.32. The molecule has 3 rings (SSSR count). The van der Waals surface area contributed by atoms with E-state index in [9.17, 15) is 22.0 Å². The SMILES string of the molecule is O=C(CN(c1ccc(F)cc1)S(=O)(=O)c1ccc(F)cc1)NCCCSCc1cccc(Cl)c1. The van der Waals surface area contributed by atoms with Crippen LogP contribution in [-0.4, -0.2) is 33.2 Å². The molecule has 1 amide bonds. The largest absolute Gasteiger partial charge is 0.354 e. The molecule has 0 saturated carbocycles. The molecule has 0 aliphatic carbocycles. The number of nitrogens with one attached hydrogen (secondary N) is 1. The van der Waals surface area contributed by atoms with Crippen molar-refractivity contribution in [3.63, 3.8) is 0 Å². The van der Waals surface area contributed by atoms with Crippen molar-refractivity contribution < 1.29 is 22.0 Å². The lowest BCUT2D eigenvalue weighted by atomic mass is 10.2. The van der Waals surface area contributed by atoms with Crippen molar-refractivity contribution in [2.75, 3.05) is 23.1 Å². The fourth-order valence-electron chi connectivity index (χ4n) is 3.06. The van der Waals surface area contributed by atoms with Gasteiger partial charge in [-0.2, -0.15) is 11.8 Å². The van der Waals surface area contributed by atoms with E-state index in [1.54, 1.807) is 11.8 Å². The number of sulfonamides is 1. The van der Waals surface area contributed by atoms with E-state index in [0.717, 1.165) is 57.8 Å². The second kappa shape index (κ2) is 12.2. The minimum Gasteiger partial charge on any atom is -0.354 e. The molecular weight excluding hydrogens is 502 g/mol. The molecule has 0 radical (unpaired) electrons. The first-order valence-corrected chi connectivity index (χ1v) is 13.4. The lowest BCUT2D eigenvalue weighted by Crippen LogP contribution is -2.41. The van der Waals surface area contributed by atoms with Crippen molar-refractivity contribution in [1.82, 2.24) is 5.32 Å². The van der Waals surface area contributed by atoms with E-state index in [2.05, 4.69) is 5.32 Å². The van der Waals surface area contributed by atoms with Crippen molar-refractivity contribution in [2.45, 2.75) is 17.1 Å². The lowest BCUT2D eigenvalue weighted by molar-refractivity contribution is -0.119. The number of halogens is 3. The van der Waals surface area contributed by atoms with Gasteiger partial charge in [0.25, 0.3) is 10.0 Å². The maximum Gasteiger partial charge on any atom is 0.264 e. The molecule has 0 fully saturated rings. The molecule has 34 heavy (non-hydrogen) atoms. The van der Waals surface area contributed by atoms with Crippen LogP contribution < -0.4 is 9.62 Å². The minimum atomic E-state index is -4.18. The third-order valence-electron chi connectivity index (χ3n) is 4.75. The summed E-state index contributed by atoms with van der Waals surface area (Å²) in [7, 11) is -4.18. The Morgan fingerprint density at radius 2 is 1.62 bits per heavy atom. The molecule has 0 heterocycles. The average molecular weight is 525 g/mol. The van der Waals surface area contributed by atoms with Crippen LogP contribution in [0.2, 0.25) is 5.02 Å². The fraction of sp³-hybridized carbons (Fsp3) is 0.208. The molecule has 0 saturated heterocycles. The summed E-state index contributed by atoms with van der Waals surface area (Å²) in [6, 6.07) is 16.7. The number of hydrogen-bond acceptors (Lipinski definition) is 4. The summed E-state index contributed by atoms with van der Waals surface area (Å²) >= 11 is 7.67. The standard InChI is InChI=1S/C24H23ClF2N2O3S2/c25-19-4-1-3-18(15-19)17-33-14-2-13-28-24(30)16-29(22-9-5-20(26)6-10-22)34(31,32)23-11-7-21(27)8-12-23/h1,3-12,15H,2,13-14,16-17H2,(H,28,30). The van der Waals surface area contributed by atoms with Crippen molar-refractivity contribution >= 4 is 45.0 Å². The van der Waals surface area contributed by atoms with Crippen LogP contribution in [0.25, 0.3) is 0 Å². The average Bonchev–Trinajstić information content (AvgIpc) is 2.81. The lowest BCUT2D eigenvalue weighted by Gasteiger charge is -2.24. The van der Waals surface area contributed by atoms with Gasteiger partial charge < -0.3 is 5.32 Å². The Bertz CT molecular complexity index is 1210. The second-order valence-corrected chi connectivity index (χ2v) is 10.7. The maximum absolute atomic E-state index is 13.4. The van der Waals surface area contributed by atoms with Crippen LogP contribution in [0.3, 0.4) is 0 Å². The van der Waals surface area contributed by atoms with Crippen LogP contribution in [-0.2, 0) is 20.6 Å². The van der Waals surface area contributed by atoms with Gasteiger partial charge in [0.2, 0.25) is 5.91 Å². The highest BCUT2D eigenvalue weighted by molar-refractivity contribution is 7.98. The first kappa shape index (κ1) is 26.0. The Morgan fingerprint density at radius 1 is 0.971 bits per heavy atom. The summed E-state index contributed by atoms with van der Waals surface area (Å²) in [4.78, 5) is 12.4. The number of nitrogens with zero attached hydrogens (tertiary/aromatic N) is 1. The zero-order valence-electron chi connectivity index (χ0n) is 18.1. The summed E-state index contributed by atoms with van der Waals surface area (Å²) in [5, 5.41) is 3.41.